The fourth-order valence-corrected chi connectivity index (χ4v) is 1.73. The summed E-state index contributed by atoms with van der Waals surface area (Å²) in [4.78, 5) is 21.9. The molecule has 0 heterocycles. The molecule has 0 bridgehead atoms. The number of ether oxygens (including phenoxy) is 2. The Morgan fingerprint density at radius 1 is 1.45 bits per heavy atom. The van der Waals surface area contributed by atoms with E-state index in [0.717, 1.165) is 0 Å². The summed E-state index contributed by atoms with van der Waals surface area (Å²) in [6.45, 7) is 3.83. The maximum atomic E-state index is 11.7. The van der Waals surface area contributed by atoms with Gasteiger partial charge in [0.25, 0.3) is 5.69 Å². The SMILES string of the molecule is CCCC(Oc1cc([N+](=O)[O-])ccc1Cl)C(=O)OCC. The predicted octanol–water partition coefficient (Wildman–Crippen LogP) is 3.36. The van der Waals surface area contributed by atoms with Gasteiger partial charge in [-0.1, -0.05) is 24.9 Å². The van der Waals surface area contributed by atoms with Crippen LogP contribution in [0.25, 0.3) is 0 Å². The lowest BCUT2D eigenvalue weighted by atomic mass is 10.2. The van der Waals surface area contributed by atoms with E-state index in [9.17, 15) is 14.9 Å². The van der Waals surface area contributed by atoms with Gasteiger partial charge in [-0.25, -0.2) is 4.79 Å². The van der Waals surface area contributed by atoms with Crippen molar-refractivity contribution in [1.29, 1.82) is 0 Å². The Bertz CT molecular complexity index is 492. The molecule has 0 aliphatic heterocycles. The molecule has 0 amide bonds. The Morgan fingerprint density at radius 3 is 2.70 bits per heavy atom. The van der Waals surface area contributed by atoms with E-state index >= 15 is 0 Å². The molecule has 20 heavy (non-hydrogen) atoms. The summed E-state index contributed by atoms with van der Waals surface area (Å²) in [7, 11) is 0. The van der Waals surface area contributed by atoms with Crippen LogP contribution in [-0.2, 0) is 9.53 Å². The molecule has 7 heteroatoms. The highest BCUT2D eigenvalue weighted by molar-refractivity contribution is 6.32. The molecule has 0 saturated carbocycles. The molecule has 0 aliphatic carbocycles. The molecule has 110 valence electrons. The Kier molecular flexibility index (Phi) is 6.24. The van der Waals surface area contributed by atoms with Crippen LogP contribution >= 0.6 is 11.6 Å². The fourth-order valence-electron chi connectivity index (χ4n) is 1.57. The number of esters is 1. The van der Waals surface area contributed by atoms with E-state index in [0.29, 0.717) is 12.8 Å². The molecule has 1 atom stereocenters. The third-order valence-corrected chi connectivity index (χ3v) is 2.81. The minimum atomic E-state index is -0.820. The first kappa shape index (κ1) is 16.2. The third-order valence-electron chi connectivity index (χ3n) is 2.50. The Labute approximate surface area is 121 Å². The Balaban J connectivity index is 2.95. The minimum Gasteiger partial charge on any atom is -0.477 e. The van der Waals surface area contributed by atoms with E-state index in [-0.39, 0.29) is 23.1 Å². The maximum Gasteiger partial charge on any atom is 0.347 e. The van der Waals surface area contributed by atoms with E-state index in [4.69, 9.17) is 21.1 Å². The Morgan fingerprint density at radius 2 is 2.15 bits per heavy atom. The lowest BCUT2D eigenvalue weighted by molar-refractivity contribution is -0.384. The number of nitrogens with zero attached hydrogens (tertiary/aromatic N) is 1. The van der Waals surface area contributed by atoms with Gasteiger partial charge in [-0.2, -0.15) is 0 Å². The largest absolute Gasteiger partial charge is 0.477 e. The number of non-ortho nitro benzene ring substituents is 1. The molecule has 0 fully saturated rings. The van der Waals surface area contributed by atoms with E-state index in [1.54, 1.807) is 6.92 Å². The molecule has 0 radical (unpaired) electrons. The van der Waals surface area contributed by atoms with Crippen LogP contribution in [0.5, 0.6) is 5.75 Å². The normalized spacial score (nSPS) is 11.8. The van der Waals surface area contributed by atoms with Gasteiger partial charge in [-0.05, 0) is 19.4 Å². The van der Waals surface area contributed by atoms with Gasteiger partial charge < -0.3 is 9.47 Å². The summed E-state index contributed by atoms with van der Waals surface area (Å²) in [5, 5.41) is 10.9. The molecule has 1 unspecified atom stereocenters. The third kappa shape index (κ3) is 4.38. The second-order valence-electron chi connectivity index (χ2n) is 4.02. The highest BCUT2D eigenvalue weighted by Crippen LogP contribution is 2.30. The first-order valence-corrected chi connectivity index (χ1v) is 6.64. The maximum absolute atomic E-state index is 11.7. The number of hydrogen-bond donors (Lipinski definition) is 0. The molecule has 1 aromatic rings. The molecule has 1 aromatic carbocycles. The molecular formula is C13H16ClNO5. The van der Waals surface area contributed by atoms with Gasteiger partial charge in [0.2, 0.25) is 0 Å². The van der Waals surface area contributed by atoms with E-state index < -0.39 is 17.0 Å². The van der Waals surface area contributed by atoms with Crippen LogP contribution in [0.1, 0.15) is 26.7 Å². The van der Waals surface area contributed by atoms with Gasteiger partial charge >= 0.3 is 5.97 Å². The van der Waals surface area contributed by atoms with Crippen LogP contribution in [0.3, 0.4) is 0 Å². The summed E-state index contributed by atoms with van der Waals surface area (Å²) < 4.78 is 10.4. The zero-order chi connectivity index (χ0) is 15.1. The number of rotatable bonds is 7. The van der Waals surface area contributed by atoms with Gasteiger partial charge in [0.1, 0.15) is 5.75 Å². The summed E-state index contributed by atoms with van der Waals surface area (Å²) in [5.41, 5.74) is -0.150. The van der Waals surface area contributed by atoms with Crippen LogP contribution in [0, 0.1) is 10.1 Å². The zero-order valence-electron chi connectivity index (χ0n) is 11.3. The van der Waals surface area contributed by atoms with Crippen LogP contribution in [0.15, 0.2) is 18.2 Å². The van der Waals surface area contributed by atoms with Gasteiger partial charge in [-0.15, -0.1) is 0 Å². The van der Waals surface area contributed by atoms with Crippen LogP contribution in [0.4, 0.5) is 5.69 Å². The van der Waals surface area contributed by atoms with Crippen LogP contribution < -0.4 is 4.74 Å². The summed E-state index contributed by atoms with van der Waals surface area (Å²) in [6.07, 6.45) is 0.327. The molecular weight excluding hydrogens is 286 g/mol. The van der Waals surface area contributed by atoms with Crippen molar-refractivity contribution in [2.24, 2.45) is 0 Å². The molecule has 0 saturated heterocycles. The first-order chi connectivity index (χ1) is 9.49. The van der Waals surface area contributed by atoms with Gasteiger partial charge in [0.05, 0.1) is 22.6 Å². The van der Waals surface area contributed by atoms with Crippen molar-refractivity contribution in [3.8, 4) is 5.75 Å². The number of carbonyl (C=O) groups is 1. The van der Waals surface area contributed by atoms with Gasteiger partial charge in [0, 0.05) is 6.07 Å². The standard InChI is InChI=1S/C13H16ClNO5/c1-3-5-11(13(16)19-4-2)20-12-8-9(15(17)18)6-7-10(12)14/h6-8,11H,3-5H2,1-2H3. The van der Waals surface area contributed by atoms with Crippen LogP contribution in [0.2, 0.25) is 5.02 Å². The quantitative estimate of drug-likeness (QED) is 0.438. The van der Waals surface area contributed by atoms with E-state index in [2.05, 4.69) is 0 Å². The number of halogens is 1. The smallest absolute Gasteiger partial charge is 0.347 e. The summed E-state index contributed by atoms with van der Waals surface area (Å²) in [6, 6.07) is 3.84. The van der Waals surface area contributed by atoms with Crippen molar-refractivity contribution in [3.63, 3.8) is 0 Å². The Hall–Kier alpha value is -1.82. The molecule has 1 rings (SSSR count). The molecule has 0 spiro atoms. The monoisotopic (exact) mass is 301 g/mol. The van der Waals surface area contributed by atoms with Gasteiger partial charge in [-0.3, -0.25) is 10.1 Å². The highest BCUT2D eigenvalue weighted by Gasteiger charge is 2.23. The minimum absolute atomic E-state index is 0.104. The average molecular weight is 302 g/mol. The van der Waals surface area contributed by atoms with Crippen molar-refractivity contribution in [3.05, 3.63) is 33.3 Å². The highest BCUT2D eigenvalue weighted by atomic mass is 35.5. The molecule has 6 nitrogen and oxygen atoms in total. The predicted molar refractivity (Wildman–Crippen MR) is 74.1 cm³/mol. The number of carbonyl (C=O) groups excluding carboxylic acids is 1. The zero-order valence-corrected chi connectivity index (χ0v) is 12.1. The average Bonchev–Trinajstić information content (AvgIpc) is 2.40. The lowest BCUT2D eigenvalue weighted by Crippen LogP contribution is -2.29. The van der Waals surface area contributed by atoms with Crippen molar-refractivity contribution in [1.82, 2.24) is 0 Å². The van der Waals surface area contributed by atoms with Crippen molar-refractivity contribution in [2.45, 2.75) is 32.8 Å². The van der Waals surface area contributed by atoms with Crippen molar-refractivity contribution < 1.29 is 19.2 Å². The number of nitro benzene ring substituents is 1. The first-order valence-electron chi connectivity index (χ1n) is 6.26. The number of hydrogen-bond acceptors (Lipinski definition) is 5. The second kappa shape index (κ2) is 7.69. The number of benzene rings is 1. The molecule has 0 N–H and O–H groups in total. The lowest BCUT2D eigenvalue weighted by Gasteiger charge is -2.17. The summed E-state index contributed by atoms with van der Waals surface area (Å²) in [5.74, 6) is -0.399. The fraction of sp³-hybridized carbons (Fsp3) is 0.462. The van der Waals surface area contributed by atoms with Crippen LogP contribution in [-0.4, -0.2) is 23.6 Å². The van der Waals surface area contributed by atoms with E-state index in [1.165, 1.54) is 18.2 Å². The topological polar surface area (TPSA) is 78.7 Å². The van der Waals surface area contributed by atoms with E-state index in [1.807, 2.05) is 6.92 Å². The summed E-state index contributed by atoms with van der Waals surface area (Å²) >= 11 is 5.93. The van der Waals surface area contributed by atoms with Crippen molar-refractivity contribution in [2.75, 3.05) is 6.61 Å². The second-order valence-corrected chi connectivity index (χ2v) is 4.43. The number of nitro groups is 1. The van der Waals surface area contributed by atoms with Crippen molar-refractivity contribution >= 4 is 23.3 Å². The van der Waals surface area contributed by atoms with Gasteiger partial charge in [0.15, 0.2) is 6.10 Å². The molecule has 0 aliphatic rings. The molecule has 0 aromatic heterocycles.